The van der Waals surface area contributed by atoms with E-state index in [4.69, 9.17) is 15.7 Å². The van der Waals surface area contributed by atoms with Gasteiger partial charge in [0.05, 0.1) is 25.1 Å². The molecule has 0 radical (unpaired) electrons. The zero-order valence-corrected chi connectivity index (χ0v) is 11.8. The fourth-order valence-electron chi connectivity index (χ4n) is 1.91. The smallest absolute Gasteiger partial charge is 0.239 e. The first-order valence-corrected chi connectivity index (χ1v) is 6.63. The van der Waals surface area contributed by atoms with Gasteiger partial charge in [0.15, 0.2) is 0 Å². The van der Waals surface area contributed by atoms with Crippen LogP contribution in [0.5, 0.6) is 0 Å². The summed E-state index contributed by atoms with van der Waals surface area (Å²) in [6.45, 7) is 1.29. The van der Waals surface area contributed by atoms with Gasteiger partial charge in [-0.05, 0) is 12.0 Å². The van der Waals surface area contributed by atoms with Crippen LogP contribution in [0.25, 0.3) is 0 Å². The number of nitrogens with zero attached hydrogens (tertiary/aromatic N) is 2. The first-order valence-electron chi connectivity index (χ1n) is 6.63. The molecule has 0 bridgehead atoms. The zero-order valence-electron chi connectivity index (χ0n) is 11.8. The summed E-state index contributed by atoms with van der Waals surface area (Å²) in [5.74, 6) is -0.138. The van der Waals surface area contributed by atoms with Crippen LogP contribution < -0.4 is 5.73 Å². The Morgan fingerprint density at radius 1 is 1.40 bits per heavy atom. The largest absolute Gasteiger partial charge is 0.383 e. The maximum atomic E-state index is 12.3. The van der Waals surface area contributed by atoms with Crippen molar-refractivity contribution in [1.82, 2.24) is 4.90 Å². The summed E-state index contributed by atoms with van der Waals surface area (Å²) < 4.78 is 4.98. The summed E-state index contributed by atoms with van der Waals surface area (Å²) >= 11 is 0. The third-order valence-electron chi connectivity index (χ3n) is 2.99. The number of nitriles is 1. The molecular weight excluding hydrogens is 254 g/mol. The minimum Gasteiger partial charge on any atom is -0.383 e. The third kappa shape index (κ3) is 5.39. The van der Waals surface area contributed by atoms with E-state index >= 15 is 0 Å². The maximum absolute atomic E-state index is 12.3. The molecule has 2 N–H and O–H groups in total. The molecule has 5 nitrogen and oxygen atoms in total. The maximum Gasteiger partial charge on any atom is 0.239 e. The number of carbonyl (C=O) groups is 1. The molecular formula is C15H21N3O2. The van der Waals surface area contributed by atoms with Crippen LogP contribution in [0, 0.1) is 11.3 Å². The number of amides is 1. The average molecular weight is 275 g/mol. The summed E-state index contributed by atoms with van der Waals surface area (Å²) in [5.41, 5.74) is 7.01. The van der Waals surface area contributed by atoms with E-state index in [0.717, 1.165) is 5.56 Å². The zero-order chi connectivity index (χ0) is 14.8. The van der Waals surface area contributed by atoms with Crippen molar-refractivity contribution in [2.75, 3.05) is 26.8 Å². The molecule has 0 aliphatic rings. The standard InChI is InChI=1S/C15H21N3O2/c1-20-11-10-18(9-5-8-16)15(19)14(17)12-13-6-3-2-4-7-13/h2-4,6-7,14H,5,9-12,17H2,1H3. The minimum absolute atomic E-state index is 0.138. The molecule has 0 saturated heterocycles. The van der Waals surface area contributed by atoms with Gasteiger partial charge in [0.1, 0.15) is 0 Å². The van der Waals surface area contributed by atoms with E-state index in [1.54, 1.807) is 12.0 Å². The van der Waals surface area contributed by atoms with Crippen molar-refractivity contribution in [2.45, 2.75) is 18.9 Å². The molecule has 1 rings (SSSR count). The van der Waals surface area contributed by atoms with Gasteiger partial charge >= 0.3 is 0 Å². The van der Waals surface area contributed by atoms with E-state index < -0.39 is 6.04 Å². The van der Waals surface area contributed by atoms with Crippen molar-refractivity contribution in [3.63, 3.8) is 0 Å². The molecule has 1 amide bonds. The Morgan fingerprint density at radius 3 is 2.70 bits per heavy atom. The first kappa shape index (κ1) is 16.2. The number of hydrogen-bond acceptors (Lipinski definition) is 4. The van der Waals surface area contributed by atoms with E-state index in [9.17, 15) is 4.79 Å². The highest BCUT2D eigenvalue weighted by molar-refractivity contribution is 5.82. The van der Waals surface area contributed by atoms with Gasteiger partial charge in [-0.15, -0.1) is 0 Å². The van der Waals surface area contributed by atoms with Gasteiger partial charge in [-0.25, -0.2) is 0 Å². The Kier molecular flexibility index (Phi) is 7.33. The van der Waals surface area contributed by atoms with Crippen molar-refractivity contribution in [2.24, 2.45) is 5.73 Å². The van der Waals surface area contributed by atoms with Crippen LogP contribution in [0.1, 0.15) is 12.0 Å². The minimum atomic E-state index is -0.590. The number of ether oxygens (including phenoxy) is 1. The average Bonchev–Trinajstić information content (AvgIpc) is 2.48. The Labute approximate surface area is 119 Å². The van der Waals surface area contributed by atoms with Crippen molar-refractivity contribution < 1.29 is 9.53 Å². The molecule has 1 aromatic rings. The number of hydrogen-bond donors (Lipinski definition) is 1. The van der Waals surface area contributed by atoms with Crippen molar-refractivity contribution in [1.29, 1.82) is 5.26 Å². The van der Waals surface area contributed by atoms with Crippen LogP contribution in [0.2, 0.25) is 0 Å². The number of benzene rings is 1. The highest BCUT2D eigenvalue weighted by Crippen LogP contribution is 2.05. The fourth-order valence-corrected chi connectivity index (χ4v) is 1.91. The summed E-state index contributed by atoms with van der Waals surface area (Å²) in [4.78, 5) is 13.9. The Morgan fingerprint density at radius 2 is 2.10 bits per heavy atom. The normalized spacial score (nSPS) is 11.7. The van der Waals surface area contributed by atoms with Gasteiger partial charge in [-0.1, -0.05) is 30.3 Å². The second kappa shape index (κ2) is 9.08. The molecule has 5 heteroatoms. The van der Waals surface area contributed by atoms with E-state index in [1.807, 2.05) is 36.4 Å². The van der Waals surface area contributed by atoms with Gasteiger partial charge in [-0.2, -0.15) is 5.26 Å². The van der Waals surface area contributed by atoms with Crippen LogP contribution >= 0.6 is 0 Å². The van der Waals surface area contributed by atoms with Crippen LogP contribution in [-0.4, -0.2) is 43.7 Å². The van der Waals surface area contributed by atoms with Crippen LogP contribution in [0.15, 0.2) is 30.3 Å². The molecule has 1 atom stereocenters. The summed E-state index contributed by atoms with van der Waals surface area (Å²) in [6.07, 6.45) is 0.795. The molecule has 108 valence electrons. The number of rotatable bonds is 8. The fraction of sp³-hybridized carbons (Fsp3) is 0.467. The lowest BCUT2D eigenvalue weighted by Gasteiger charge is -2.24. The van der Waals surface area contributed by atoms with Gasteiger partial charge < -0.3 is 15.4 Å². The van der Waals surface area contributed by atoms with E-state index in [2.05, 4.69) is 0 Å². The van der Waals surface area contributed by atoms with Crippen LogP contribution in [0.3, 0.4) is 0 Å². The van der Waals surface area contributed by atoms with E-state index in [-0.39, 0.29) is 5.91 Å². The van der Waals surface area contributed by atoms with Gasteiger partial charge in [0.25, 0.3) is 0 Å². The monoisotopic (exact) mass is 275 g/mol. The van der Waals surface area contributed by atoms with Crippen molar-refractivity contribution in [3.8, 4) is 6.07 Å². The summed E-state index contributed by atoms with van der Waals surface area (Å²) in [5, 5.41) is 8.65. The van der Waals surface area contributed by atoms with E-state index in [1.165, 1.54) is 0 Å². The van der Waals surface area contributed by atoms with E-state index in [0.29, 0.717) is 32.5 Å². The lowest BCUT2D eigenvalue weighted by molar-refractivity contribution is -0.133. The van der Waals surface area contributed by atoms with Crippen molar-refractivity contribution >= 4 is 5.91 Å². The lowest BCUT2D eigenvalue weighted by atomic mass is 10.1. The predicted molar refractivity (Wildman–Crippen MR) is 76.8 cm³/mol. The summed E-state index contributed by atoms with van der Waals surface area (Å²) in [6, 6.07) is 11.1. The lowest BCUT2D eigenvalue weighted by Crippen LogP contribution is -2.46. The molecule has 0 aliphatic heterocycles. The first-order chi connectivity index (χ1) is 9.69. The predicted octanol–water partition coefficient (Wildman–Crippen LogP) is 0.945. The van der Waals surface area contributed by atoms with Gasteiger partial charge in [0, 0.05) is 20.2 Å². The third-order valence-corrected chi connectivity index (χ3v) is 2.99. The topological polar surface area (TPSA) is 79.3 Å². The van der Waals surface area contributed by atoms with Crippen molar-refractivity contribution in [3.05, 3.63) is 35.9 Å². The molecule has 0 spiro atoms. The second-order valence-electron chi connectivity index (χ2n) is 4.52. The Bertz CT molecular complexity index is 442. The SMILES string of the molecule is COCCN(CCC#N)C(=O)C(N)Cc1ccccc1. The quantitative estimate of drug-likeness (QED) is 0.766. The molecule has 0 heterocycles. The highest BCUT2D eigenvalue weighted by Gasteiger charge is 2.20. The van der Waals surface area contributed by atoms with Gasteiger partial charge in [0.2, 0.25) is 5.91 Å². The Hall–Kier alpha value is -1.90. The molecule has 1 aromatic carbocycles. The molecule has 1 unspecified atom stereocenters. The number of carbonyl (C=O) groups excluding carboxylic acids is 1. The molecule has 20 heavy (non-hydrogen) atoms. The van der Waals surface area contributed by atoms with Gasteiger partial charge in [-0.3, -0.25) is 4.79 Å². The van der Waals surface area contributed by atoms with Crippen LogP contribution in [-0.2, 0) is 16.0 Å². The number of methoxy groups -OCH3 is 1. The number of nitrogens with two attached hydrogens (primary N) is 1. The molecule has 0 aliphatic carbocycles. The Balaban J connectivity index is 2.60. The molecule has 0 saturated carbocycles. The van der Waals surface area contributed by atoms with Crippen LogP contribution in [0.4, 0.5) is 0 Å². The molecule has 0 aromatic heterocycles. The second-order valence-corrected chi connectivity index (χ2v) is 4.52. The molecule has 0 fully saturated rings. The highest BCUT2D eigenvalue weighted by atomic mass is 16.5. The summed E-state index contributed by atoms with van der Waals surface area (Å²) in [7, 11) is 1.58.